The zero-order valence-corrected chi connectivity index (χ0v) is 11.3. The summed E-state index contributed by atoms with van der Waals surface area (Å²) in [6.45, 7) is 0.932. The van der Waals surface area contributed by atoms with Crippen molar-refractivity contribution in [1.82, 2.24) is 0 Å². The van der Waals surface area contributed by atoms with Crippen LogP contribution in [0.3, 0.4) is 0 Å². The Morgan fingerprint density at radius 2 is 1.50 bits per heavy atom. The summed E-state index contributed by atoms with van der Waals surface area (Å²) in [5.74, 6) is 0.638. The molecule has 104 valence electrons. The van der Waals surface area contributed by atoms with Crippen LogP contribution in [0.25, 0.3) is 0 Å². The van der Waals surface area contributed by atoms with Crippen LogP contribution in [0.1, 0.15) is 12.0 Å². The lowest BCUT2D eigenvalue weighted by Crippen LogP contribution is -2.11. The number of benzene rings is 2. The molecule has 0 saturated heterocycles. The highest BCUT2D eigenvalue weighted by molar-refractivity contribution is 5.72. The van der Waals surface area contributed by atoms with Gasteiger partial charge in [-0.05, 0) is 17.7 Å². The molecule has 0 bridgehead atoms. The maximum absolute atomic E-state index is 11.6. The third-order valence-electron chi connectivity index (χ3n) is 2.75. The number of carbonyl (C=O) groups is 1. The molecule has 0 radical (unpaired) electrons. The van der Waals surface area contributed by atoms with E-state index in [1.54, 1.807) is 0 Å². The summed E-state index contributed by atoms with van der Waals surface area (Å²) < 4.78 is 10.7. The summed E-state index contributed by atoms with van der Waals surface area (Å²) in [7, 11) is 0. The normalized spacial score (nSPS) is 10.0. The summed E-state index contributed by atoms with van der Waals surface area (Å²) >= 11 is 0. The molecule has 0 aliphatic carbocycles. The van der Waals surface area contributed by atoms with Gasteiger partial charge in [0.25, 0.3) is 0 Å². The summed E-state index contributed by atoms with van der Waals surface area (Å²) in [6, 6.07) is 19.2. The molecule has 0 unspecified atom stereocenters. The Kier molecular flexibility index (Phi) is 5.65. The van der Waals surface area contributed by atoms with E-state index in [2.05, 4.69) is 0 Å². The smallest absolute Gasteiger partial charge is 0.310 e. The molecule has 0 saturated carbocycles. The standard InChI is InChI=1S/C17H18O3/c18-17(14-15-8-3-1-4-9-15)20-13-7-12-19-16-10-5-2-6-11-16/h1-6,8-11H,7,12-14H2. The number of carbonyl (C=O) groups excluding carboxylic acids is 1. The average molecular weight is 270 g/mol. The zero-order valence-electron chi connectivity index (χ0n) is 11.3. The van der Waals surface area contributed by atoms with E-state index in [4.69, 9.17) is 9.47 Å². The first-order chi connectivity index (χ1) is 9.84. The van der Waals surface area contributed by atoms with Crippen molar-refractivity contribution in [2.45, 2.75) is 12.8 Å². The molecular weight excluding hydrogens is 252 g/mol. The van der Waals surface area contributed by atoms with E-state index in [9.17, 15) is 4.79 Å². The minimum atomic E-state index is -0.198. The van der Waals surface area contributed by atoms with E-state index in [1.165, 1.54) is 0 Å². The predicted octanol–water partition coefficient (Wildman–Crippen LogP) is 3.24. The van der Waals surface area contributed by atoms with Gasteiger partial charge in [-0.25, -0.2) is 0 Å². The number of rotatable bonds is 7. The molecule has 3 nitrogen and oxygen atoms in total. The number of ether oxygens (including phenoxy) is 2. The first kappa shape index (κ1) is 14.1. The van der Waals surface area contributed by atoms with Gasteiger partial charge in [-0.1, -0.05) is 48.5 Å². The van der Waals surface area contributed by atoms with Gasteiger partial charge in [0, 0.05) is 6.42 Å². The van der Waals surface area contributed by atoms with Gasteiger partial charge in [-0.3, -0.25) is 4.79 Å². The Morgan fingerprint density at radius 3 is 2.20 bits per heavy atom. The molecule has 0 aliphatic rings. The molecule has 2 aromatic carbocycles. The van der Waals surface area contributed by atoms with Crippen molar-refractivity contribution >= 4 is 5.97 Å². The average Bonchev–Trinajstić information content (AvgIpc) is 2.49. The van der Waals surface area contributed by atoms with Crippen molar-refractivity contribution in [1.29, 1.82) is 0 Å². The molecule has 0 fully saturated rings. The predicted molar refractivity (Wildman–Crippen MR) is 77.7 cm³/mol. The third kappa shape index (κ3) is 5.14. The van der Waals surface area contributed by atoms with E-state index < -0.39 is 0 Å². The van der Waals surface area contributed by atoms with Crippen LogP contribution in [0.5, 0.6) is 5.75 Å². The molecule has 0 amide bonds. The van der Waals surface area contributed by atoms with Crippen molar-refractivity contribution < 1.29 is 14.3 Å². The Balaban J connectivity index is 1.58. The lowest BCUT2D eigenvalue weighted by Gasteiger charge is -2.07. The lowest BCUT2D eigenvalue weighted by molar-refractivity contribution is -0.143. The van der Waals surface area contributed by atoms with Crippen molar-refractivity contribution in [2.24, 2.45) is 0 Å². The van der Waals surface area contributed by atoms with Crippen molar-refractivity contribution in [3.05, 3.63) is 66.2 Å². The van der Waals surface area contributed by atoms with Crippen LogP contribution in [-0.4, -0.2) is 19.2 Å². The molecule has 2 rings (SSSR count). The Morgan fingerprint density at radius 1 is 0.850 bits per heavy atom. The Labute approximate surface area is 119 Å². The van der Waals surface area contributed by atoms with Crippen LogP contribution in [-0.2, 0) is 16.0 Å². The molecular formula is C17H18O3. The number of hydrogen-bond donors (Lipinski definition) is 0. The lowest BCUT2D eigenvalue weighted by atomic mass is 10.2. The quantitative estimate of drug-likeness (QED) is 0.572. The summed E-state index contributed by atoms with van der Waals surface area (Å²) in [6.07, 6.45) is 1.01. The van der Waals surface area contributed by atoms with Crippen molar-refractivity contribution in [2.75, 3.05) is 13.2 Å². The van der Waals surface area contributed by atoms with E-state index in [-0.39, 0.29) is 5.97 Å². The van der Waals surface area contributed by atoms with Crippen LogP contribution in [0, 0.1) is 0 Å². The molecule has 0 aliphatic heterocycles. The summed E-state index contributed by atoms with van der Waals surface area (Å²) in [5.41, 5.74) is 0.970. The monoisotopic (exact) mass is 270 g/mol. The Bertz CT molecular complexity index is 508. The van der Waals surface area contributed by atoms with Gasteiger partial charge in [-0.15, -0.1) is 0 Å². The van der Waals surface area contributed by atoms with E-state index >= 15 is 0 Å². The van der Waals surface area contributed by atoms with Gasteiger partial charge < -0.3 is 9.47 Å². The second-order valence-corrected chi connectivity index (χ2v) is 4.40. The SMILES string of the molecule is O=C(Cc1ccccc1)OCCCOc1ccccc1. The maximum Gasteiger partial charge on any atom is 0.310 e. The number of hydrogen-bond acceptors (Lipinski definition) is 3. The zero-order chi connectivity index (χ0) is 14.0. The van der Waals surface area contributed by atoms with E-state index in [0.29, 0.717) is 26.1 Å². The fourth-order valence-electron chi connectivity index (χ4n) is 1.77. The summed E-state index contributed by atoms with van der Waals surface area (Å²) in [4.78, 5) is 11.6. The van der Waals surface area contributed by atoms with E-state index in [0.717, 1.165) is 11.3 Å². The van der Waals surface area contributed by atoms with Gasteiger partial charge in [0.1, 0.15) is 5.75 Å². The first-order valence-electron chi connectivity index (χ1n) is 6.72. The second-order valence-electron chi connectivity index (χ2n) is 4.40. The highest BCUT2D eigenvalue weighted by atomic mass is 16.5. The van der Waals surface area contributed by atoms with Gasteiger partial charge in [0.15, 0.2) is 0 Å². The van der Waals surface area contributed by atoms with Gasteiger partial charge >= 0.3 is 5.97 Å². The minimum absolute atomic E-state index is 0.198. The second kappa shape index (κ2) is 8.00. The molecule has 0 spiro atoms. The topological polar surface area (TPSA) is 35.5 Å². The maximum atomic E-state index is 11.6. The van der Waals surface area contributed by atoms with Crippen LogP contribution in [0.4, 0.5) is 0 Å². The van der Waals surface area contributed by atoms with Crippen LogP contribution in [0.2, 0.25) is 0 Å². The number of esters is 1. The minimum Gasteiger partial charge on any atom is -0.493 e. The molecule has 0 atom stereocenters. The van der Waals surface area contributed by atoms with Crippen molar-refractivity contribution in [3.63, 3.8) is 0 Å². The largest absolute Gasteiger partial charge is 0.493 e. The van der Waals surface area contributed by atoms with Crippen LogP contribution in [0.15, 0.2) is 60.7 Å². The van der Waals surface area contributed by atoms with Crippen molar-refractivity contribution in [3.8, 4) is 5.75 Å². The molecule has 20 heavy (non-hydrogen) atoms. The number of para-hydroxylation sites is 1. The fourth-order valence-corrected chi connectivity index (χ4v) is 1.77. The fraction of sp³-hybridized carbons (Fsp3) is 0.235. The molecule has 3 heteroatoms. The highest BCUT2D eigenvalue weighted by Gasteiger charge is 2.03. The molecule has 0 N–H and O–H groups in total. The molecule has 0 heterocycles. The van der Waals surface area contributed by atoms with Gasteiger partial charge in [0.2, 0.25) is 0 Å². The Hall–Kier alpha value is -2.29. The highest BCUT2D eigenvalue weighted by Crippen LogP contribution is 2.08. The molecule has 2 aromatic rings. The van der Waals surface area contributed by atoms with E-state index in [1.807, 2.05) is 60.7 Å². The van der Waals surface area contributed by atoms with Gasteiger partial charge in [-0.2, -0.15) is 0 Å². The van der Waals surface area contributed by atoms with Crippen LogP contribution >= 0.6 is 0 Å². The molecule has 0 aromatic heterocycles. The van der Waals surface area contributed by atoms with Crippen LogP contribution < -0.4 is 4.74 Å². The third-order valence-corrected chi connectivity index (χ3v) is 2.75. The first-order valence-corrected chi connectivity index (χ1v) is 6.72. The summed E-state index contributed by atoms with van der Waals surface area (Å²) in [5, 5.41) is 0. The van der Waals surface area contributed by atoms with Gasteiger partial charge in [0.05, 0.1) is 19.6 Å².